The highest BCUT2D eigenvalue weighted by atomic mass is 32.3. The smallest absolute Gasteiger partial charge is 0.249 e. The van der Waals surface area contributed by atoms with E-state index in [1.54, 1.807) is 0 Å². The number of nitriles is 1. The third kappa shape index (κ3) is 5.23. The molecule has 0 unspecified atom stereocenters. The summed E-state index contributed by atoms with van der Waals surface area (Å²) in [5.74, 6) is -4.00. The predicted molar refractivity (Wildman–Crippen MR) is 138 cm³/mol. The van der Waals surface area contributed by atoms with Crippen LogP contribution in [0.15, 0.2) is 24.3 Å². The van der Waals surface area contributed by atoms with Crippen molar-refractivity contribution in [1.82, 2.24) is 10.3 Å². The highest BCUT2D eigenvalue weighted by molar-refractivity contribution is 8.24. The summed E-state index contributed by atoms with van der Waals surface area (Å²) < 4.78 is 48.6. The lowest BCUT2D eigenvalue weighted by Gasteiger charge is -2.41. The minimum absolute atomic E-state index is 0.178. The summed E-state index contributed by atoms with van der Waals surface area (Å²) in [5, 5.41) is 12.9. The van der Waals surface area contributed by atoms with Crippen molar-refractivity contribution in [1.29, 1.82) is 5.26 Å². The molecule has 0 radical (unpaired) electrons. The number of aryl methyl sites for hydroxylation is 1. The quantitative estimate of drug-likeness (QED) is 0.473. The Bertz CT molecular complexity index is 1180. The minimum atomic E-state index is -2.92. The second-order valence-corrected chi connectivity index (χ2v) is 13.8. The molecule has 2 heterocycles. The maximum Gasteiger partial charge on any atom is 0.249 e. The highest BCUT2D eigenvalue weighted by Gasteiger charge is 2.50. The van der Waals surface area contributed by atoms with E-state index in [-0.39, 0.29) is 12.8 Å². The van der Waals surface area contributed by atoms with Gasteiger partial charge < -0.3 is 10.2 Å². The van der Waals surface area contributed by atoms with Gasteiger partial charge in [-0.05, 0) is 38.3 Å². The van der Waals surface area contributed by atoms with E-state index in [4.69, 9.17) is 4.98 Å². The second-order valence-electron chi connectivity index (χ2n) is 10.2. The number of benzene rings is 1. The summed E-state index contributed by atoms with van der Waals surface area (Å²) in [6, 6.07) is 9.94. The molecule has 7 nitrogen and oxygen atoms in total. The molecule has 2 aromatic rings. The fourth-order valence-corrected chi connectivity index (χ4v) is 7.54. The standard InChI is InChI=1S/C25H30F2N4O3S2/c1-16-29-21(17-2-4-18(5-3-17)31-10-12-36(33,34)13-11-31)22(35-16)19-6-7-25(26,27)14-20(19)23(32)30-24(15-28)8-9-24/h2-5,19-20,33-34H,6-14H2,1H3,(H,30,32)/t19-,20-/m1/s1. The molecule has 36 heavy (non-hydrogen) atoms. The van der Waals surface area contributed by atoms with E-state index in [1.807, 2.05) is 31.2 Å². The van der Waals surface area contributed by atoms with Crippen molar-refractivity contribution in [3.8, 4) is 17.3 Å². The summed E-state index contributed by atoms with van der Waals surface area (Å²) >= 11 is 1.44. The third-order valence-corrected chi connectivity index (χ3v) is 10.2. The minimum Gasteiger partial charge on any atom is -0.368 e. The van der Waals surface area contributed by atoms with E-state index in [1.165, 1.54) is 11.3 Å². The zero-order valence-corrected chi connectivity index (χ0v) is 21.7. The molecule has 2 saturated carbocycles. The van der Waals surface area contributed by atoms with E-state index in [2.05, 4.69) is 16.3 Å². The van der Waals surface area contributed by atoms with E-state index < -0.39 is 46.2 Å². The normalized spacial score (nSPS) is 27.1. The van der Waals surface area contributed by atoms with Crippen LogP contribution in [0.5, 0.6) is 0 Å². The first-order valence-corrected chi connectivity index (χ1v) is 14.9. The summed E-state index contributed by atoms with van der Waals surface area (Å²) in [5.41, 5.74) is 1.64. The third-order valence-electron chi connectivity index (χ3n) is 7.47. The molecule has 2 atom stereocenters. The molecular formula is C25H30F2N4O3S2. The number of nitrogens with zero attached hydrogens (tertiary/aromatic N) is 3. The van der Waals surface area contributed by atoms with E-state index in [9.17, 15) is 27.9 Å². The predicted octanol–water partition coefficient (Wildman–Crippen LogP) is 5.38. The van der Waals surface area contributed by atoms with Gasteiger partial charge in [0, 0.05) is 48.0 Å². The molecule has 3 aliphatic rings. The number of hydrogen-bond donors (Lipinski definition) is 3. The number of nitrogens with one attached hydrogen (secondary N) is 1. The maximum atomic E-state index is 14.4. The number of halogens is 2. The molecule has 1 aromatic heterocycles. The Kier molecular flexibility index (Phi) is 6.52. The van der Waals surface area contributed by atoms with Gasteiger partial charge in [-0.2, -0.15) is 15.9 Å². The van der Waals surface area contributed by atoms with Crippen LogP contribution in [-0.4, -0.2) is 56.1 Å². The topological polar surface area (TPSA) is 109 Å². The van der Waals surface area contributed by atoms with Crippen molar-refractivity contribution in [3.05, 3.63) is 34.2 Å². The van der Waals surface area contributed by atoms with Gasteiger partial charge in [-0.3, -0.25) is 13.9 Å². The van der Waals surface area contributed by atoms with E-state index in [0.29, 0.717) is 43.1 Å². The van der Waals surface area contributed by atoms with Crippen molar-refractivity contribution in [2.75, 3.05) is 29.5 Å². The number of hydrogen-bond acceptors (Lipinski definition) is 7. The van der Waals surface area contributed by atoms with Crippen molar-refractivity contribution < 1.29 is 22.7 Å². The van der Waals surface area contributed by atoms with Gasteiger partial charge in [-0.25, -0.2) is 13.8 Å². The van der Waals surface area contributed by atoms with Crippen molar-refractivity contribution in [2.24, 2.45) is 5.92 Å². The highest BCUT2D eigenvalue weighted by Crippen LogP contribution is 2.50. The van der Waals surface area contributed by atoms with Crippen molar-refractivity contribution >= 4 is 33.5 Å². The molecule has 11 heteroatoms. The van der Waals surface area contributed by atoms with Crippen LogP contribution in [0.4, 0.5) is 14.5 Å². The van der Waals surface area contributed by atoms with Crippen LogP contribution in [0.2, 0.25) is 0 Å². The number of amides is 1. The largest absolute Gasteiger partial charge is 0.368 e. The molecule has 2 aliphatic carbocycles. The van der Waals surface area contributed by atoms with Gasteiger partial charge in [-0.15, -0.1) is 11.3 Å². The lowest BCUT2D eigenvalue weighted by atomic mass is 9.75. The van der Waals surface area contributed by atoms with Gasteiger partial charge in [0.05, 0.1) is 34.2 Å². The van der Waals surface area contributed by atoms with Crippen LogP contribution in [-0.2, 0) is 4.79 Å². The maximum absolute atomic E-state index is 14.4. The molecule has 3 fully saturated rings. The van der Waals surface area contributed by atoms with Crippen LogP contribution < -0.4 is 10.2 Å². The number of anilines is 1. The molecule has 0 bridgehead atoms. The molecule has 194 valence electrons. The van der Waals surface area contributed by atoms with Crippen molar-refractivity contribution in [3.63, 3.8) is 0 Å². The lowest BCUT2D eigenvalue weighted by molar-refractivity contribution is -0.134. The number of aromatic nitrogens is 1. The first-order valence-electron chi connectivity index (χ1n) is 12.2. The Hall–Kier alpha value is -2.26. The number of carbonyl (C=O) groups is 1. The zero-order chi connectivity index (χ0) is 25.7. The Morgan fingerprint density at radius 3 is 2.50 bits per heavy atom. The molecular weight excluding hydrogens is 506 g/mol. The molecule has 0 spiro atoms. The van der Waals surface area contributed by atoms with Crippen LogP contribution in [0, 0.1) is 24.2 Å². The molecule has 3 N–H and O–H groups in total. The van der Waals surface area contributed by atoms with Gasteiger partial charge in [0.1, 0.15) is 5.54 Å². The molecule has 5 rings (SSSR count). The van der Waals surface area contributed by atoms with Crippen LogP contribution >= 0.6 is 21.9 Å². The van der Waals surface area contributed by atoms with Gasteiger partial charge in [-0.1, -0.05) is 12.1 Å². The average Bonchev–Trinajstić information content (AvgIpc) is 3.50. The Labute approximate surface area is 214 Å². The number of carbonyl (C=O) groups excluding carboxylic acids is 1. The molecule has 1 aromatic carbocycles. The monoisotopic (exact) mass is 536 g/mol. The fourth-order valence-electron chi connectivity index (χ4n) is 5.16. The SMILES string of the molecule is Cc1nc(-c2ccc(N3CCS(O)(O)CC3)cc2)c([C@@H]2CCC(F)(F)C[C@H]2C(=O)NC2(C#N)CC2)s1. The number of alkyl halides is 2. The summed E-state index contributed by atoms with van der Waals surface area (Å²) in [6.45, 7) is 3.01. The number of rotatable bonds is 5. The zero-order valence-electron chi connectivity index (χ0n) is 20.0. The van der Waals surface area contributed by atoms with Crippen LogP contribution in [0.3, 0.4) is 0 Å². The van der Waals surface area contributed by atoms with Gasteiger partial charge in [0.2, 0.25) is 11.8 Å². The lowest BCUT2D eigenvalue weighted by Crippen LogP contribution is -2.45. The van der Waals surface area contributed by atoms with E-state index >= 15 is 0 Å². The second kappa shape index (κ2) is 9.24. The summed E-state index contributed by atoms with van der Waals surface area (Å²) in [4.78, 5) is 20.8. The van der Waals surface area contributed by atoms with Crippen molar-refractivity contribution in [2.45, 2.75) is 56.4 Å². The fraction of sp³-hybridized carbons (Fsp3) is 0.560. The molecule has 1 amide bonds. The van der Waals surface area contributed by atoms with E-state index in [0.717, 1.165) is 21.1 Å². The first-order chi connectivity index (χ1) is 17.0. The Balaban J connectivity index is 1.40. The molecule has 1 saturated heterocycles. The van der Waals surface area contributed by atoms with Crippen LogP contribution in [0.25, 0.3) is 11.3 Å². The Morgan fingerprint density at radius 1 is 1.22 bits per heavy atom. The average molecular weight is 537 g/mol. The Morgan fingerprint density at radius 2 is 1.89 bits per heavy atom. The first kappa shape index (κ1) is 25.4. The van der Waals surface area contributed by atoms with Gasteiger partial charge in [0.15, 0.2) is 0 Å². The summed E-state index contributed by atoms with van der Waals surface area (Å²) in [6.07, 6.45) is 0.465. The van der Waals surface area contributed by atoms with Gasteiger partial charge >= 0.3 is 0 Å². The van der Waals surface area contributed by atoms with Gasteiger partial charge in [0.25, 0.3) is 0 Å². The summed E-state index contributed by atoms with van der Waals surface area (Å²) in [7, 11) is -2.47. The number of thiazole rings is 1. The molecule has 1 aliphatic heterocycles. The van der Waals surface area contributed by atoms with Crippen LogP contribution in [0.1, 0.15) is 47.9 Å².